The molecule has 0 saturated heterocycles. The molecule has 0 spiro atoms. The van der Waals surface area contributed by atoms with Crippen molar-refractivity contribution in [3.8, 4) is 0 Å². The molecule has 1 heterocycles. The predicted octanol–water partition coefficient (Wildman–Crippen LogP) is 1.84. The summed E-state index contributed by atoms with van der Waals surface area (Å²) in [6, 6.07) is 1.82. The number of hydrogen-bond donors (Lipinski definition) is 0. The van der Waals surface area contributed by atoms with Gasteiger partial charge in [-0.2, -0.15) is 0 Å². The lowest BCUT2D eigenvalue weighted by atomic mass is 10.2. The van der Waals surface area contributed by atoms with Crippen LogP contribution < -0.4 is 0 Å². The van der Waals surface area contributed by atoms with Gasteiger partial charge in [-0.3, -0.25) is 4.79 Å². The Morgan fingerprint density at radius 3 is 2.42 bits per heavy atom. The smallest absolute Gasteiger partial charge is 0.355 e. The number of rotatable bonds is 6. The molecule has 1 amide bonds. The first-order valence-corrected chi connectivity index (χ1v) is 6.65. The van der Waals surface area contributed by atoms with Crippen molar-refractivity contribution in [2.24, 2.45) is 0 Å². The fraction of sp³-hybridized carbons (Fsp3) is 0.571. The van der Waals surface area contributed by atoms with E-state index in [9.17, 15) is 9.59 Å². The van der Waals surface area contributed by atoms with Crippen molar-refractivity contribution in [1.82, 2.24) is 9.47 Å². The number of amides is 1. The average molecular weight is 266 g/mol. The van der Waals surface area contributed by atoms with E-state index in [1.165, 1.54) is 0 Å². The van der Waals surface area contributed by atoms with Crippen LogP contribution in [0.1, 0.15) is 36.8 Å². The zero-order valence-electron chi connectivity index (χ0n) is 12.1. The van der Waals surface area contributed by atoms with Crippen molar-refractivity contribution >= 4 is 11.9 Å². The van der Waals surface area contributed by atoms with E-state index in [-0.39, 0.29) is 18.4 Å². The molecule has 106 valence electrons. The predicted molar refractivity (Wildman–Crippen MR) is 73.1 cm³/mol. The van der Waals surface area contributed by atoms with E-state index in [4.69, 9.17) is 4.74 Å². The molecule has 1 aromatic heterocycles. The molecule has 0 bridgehead atoms. The number of likely N-dealkylation sites (N-methyl/N-ethyl adjacent to an activating group) is 1. The Labute approximate surface area is 114 Å². The Morgan fingerprint density at radius 1 is 1.26 bits per heavy atom. The van der Waals surface area contributed by atoms with Crippen molar-refractivity contribution in [2.45, 2.75) is 34.2 Å². The molecular weight excluding hydrogens is 244 g/mol. The van der Waals surface area contributed by atoms with E-state index in [1.807, 2.05) is 26.8 Å². The zero-order valence-corrected chi connectivity index (χ0v) is 12.1. The maximum atomic E-state index is 12.1. The van der Waals surface area contributed by atoms with Gasteiger partial charge in [0.25, 0.3) is 0 Å². The Kier molecular flexibility index (Phi) is 5.60. The van der Waals surface area contributed by atoms with Crippen LogP contribution in [0.2, 0.25) is 0 Å². The van der Waals surface area contributed by atoms with Gasteiger partial charge < -0.3 is 14.2 Å². The van der Waals surface area contributed by atoms with Gasteiger partial charge in [-0.1, -0.05) is 0 Å². The lowest BCUT2D eigenvalue weighted by molar-refractivity contribution is -0.131. The van der Waals surface area contributed by atoms with Crippen LogP contribution in [0.3, 0.4) is 0 Å². The van der Waals surface area contributed by atoms with E-state index in [2.05, 4.69) is 0 Å². The van der Waals surface area contributed by atoms with Gasteiger partial charge in [-0.05, 0) is 39.3 Å². The first kappa shape index (κ1) is 15.3. The highest BCUT2D eigenvalue weighted by atomic mass is 16.5. The van der Waals surface area contributed by atoms with E-state index in [0.29, 0.717) is 25.4 Å². The van der Waals surface area contributed by atoms with Crippen LogP contribution in [-0.4, -0.2) is 41.0 Å². The number of carbonyl (C=O) groups is 2. The largest absolute Gasteiger partial charge is 0.461 e. The van der Waals surface area contributed by atoms with Crippen LogP contribution in [0, 0.1) is 6.92 Å². The van der Waals surface area contributed by atoms with Crippen molar-refractivity contribution in [1.29, 1.82) is 0 Å². The summed E-state index contributed by atoms with van der Waals surface area (Å²) in [7, 11) is 0. The van der Waals surface area contributed by atoms with Crippen LogP contribution >= 0.6 is 0 Å². The minimum absolute atomic E-state index is 0.00569. The minimum atomic E-state index is -0.377. The molecule has 19 heavy (non-hydrogen) atoms. The molecule has 0 radical (unpaired) electrons. The van der Waals surface area contributed by atoms with Crippen LogP contribution in [0.4, 0.5) is 0 Å². The highest BCUT2D eigenvalue weighted by Gasteiger charge is 2.19. The van der Waals surface area contributed by atoms with E-state index in [0.717, 1.165) is 5.56 Å². The number of hydrogen-bond acceptors (Lipinski definition) is 3. The van der Waals surface area contributed by atoms with Crippen LogP contribution in [-0.2, 0) is 16.1 Å². The molecule has 1 aromatic rings. The first-order valence-electron chi connectivity index (χ1n) is 6.65. The molecule has 0 fully saturated rings. The molecule has 5 heteroatoms. The molecule has 0 atom stereocenters. The van der Waals surface area contributed by atoms with E-state index in [1.54, 1.807) is 22.6 Å². The van der Waals surface area contributed by atoms with Crippen LogP contribution in [0.15, 0.2) is 12.3 Å². The number of nitrogens with zero attached hydrogens (tertiary/aromatic N) is 2. The van der Waals surface area contributed by atoms with Gasteiger partial charge in [-0.25, -0.2) is 4.79 Å². The average Bonchev–Trinajstić information content (AvgIpc) is 2.72. The van der Waals surface area contributed by atoms with Crippen LogP contribution in [0.25, 0.3) is 0 Å². The highest BCUT2D eigenvalue weighted by molar-refractivity contribution is 5.90. The standard InChI is InChI=1S/C14H22N2O3/c1-5-15(6-2)12(17)10-16-9-8-11(4)13(16)14(18)19-7-3/h8-9H,5-7,10H2,1-4H3. The maximum Gasteiger partial charge on any atom is 0.355 e. The fourth-order valence-electron chi connectivity index (χ4n) is 2.01. The van der Waals surface area contributed by atoms with Gasteiger partial charge in [0.15, 0.2) is 0 Å². The third-order valence-electron chi connectivity index (χ3n) is 3.06. The van der Waals surface area contributed by atoms with Gasteiger partial charge in [0.1, 0.15) is 12.2 Å². The lowest BCUT2D eigenvalue weighted by Crippen LogP contribution is -2.34. The number of aromatic nitrogens is 1. The Bertz CT molecular complexity index is 448. The van der Waals surface area contributed by atoms with E-state index >= 15 is 0 Å². The van der Waals surface area contributed by atoms with Crippen molar-refractivity contribution < 1.29 is 14.3 Å². The lowest BCUT2D eigenvalue weighted by Gasteiger charge is -2.19. The number of carbonyl (C=O) groups excluding carboxylic acids is 2. The monoisotopic (exact) mass is 266 g/mol. The summed E-state index contributed by atoms with van der Waals surface area (Å²) in [5, 5.41) is 0. The van der Waals surface area contributed by atoms with Gasteiger partial charge in [-0.15, -0.1) is 0 Å². The first-order chi connectivity index (χ1) is 9.04. The van der Waals surface area contributed by atoms with E-state index < -0.39 is 0 Å². The third-order valence-corrected chi connectivity index (χ3v) is 3.06. The summed E-state index contributed by atoms with van der Waals surface area (Å²) in [6.45, 7) is 9.32. The van der Waals surface area contributed by atoms with Gasteiger partial charge >= 0.3 is 5.97 Å². The second kappa shape index (κ2) is 6.97. The Hall–Kier alpha value is -1.78. The molecule has 0 unspecified atom stereocenters. The second-order valence-corrected chi connectivity index (χ2v) is 4.26. The normalized spacial score (nSPS) is 10.3. The summed E-state index contributed by atoms with van der Waals surface area (Å²) in [5.41, 5.74) is 1.29. The number of ether oxygens (including phenoxy) is 1. The quantitative estimate of drug-likeness (QED) is 0.738. The molecule has 0 N–H and O–H groups in total. The summed E-state index contributed by atoms with van der Waals surface area (Å²) in [6.07, 6.45) is 1.75. The summed E-state index contributed by atoms with van der Waals surface area (Å²) >= 11 is 0. The maximum absolute atomic E-state index is 12.1. The van der Waals surface area contributed by atoms with Crippen LogP contribution in [0.5, 0.6) is 0 Å². The van der Waals surface area contributed by atoms with Gasteiger partial charge in [0.2, 0.25) is 5.91 Å². The third kappa shape index (κ3) is 3.59. The number of aryl methyl sites for hydroxylation is 1. The SMILES string of the molecule is CCOC(=O)c1c(C)ccn1CC(=O)N(CC)CC. The van der Waals surface area contributed by atoms with Crippen molar-refractivity contribution in [2.75, 3.05) is 19.7 Å². The summed E-state index contributed by atoms with van der Waals surface area (Å²) in [4.78, 5) is 25.7. The summed E-state index contributed by atoms with van der Waals surface area (Å²) in [5.74, 6) is -0.372. The molecule has 0 saturated carbocycles. The highest BCUT2D eigenvalue weighted by Crippen LogP contribution is 2.12. The van der Waals surface area contributed by atoms with Crippen molar-refractivity contribution in [3.05, 3.63) is 23.5 Å². The molecule has 0 aromatic carbocycles. The molecule has 0 aliphatic rings. The minimum Gasteiger partial charge on any atom is -0.461 e. The number of esters is 1. The summed E-state index contributed by atoms with van der Waals surface area (Å²) < 4.78 is 6.68. The molecule has 1 rings (SSSR count). The fourth-order valence-corrected chi connectivity index (χ4v) is 2.01. The van der Waals surface area contributed by atoms with Crippen molar-refractivity contribution in [3.63, 3.8) is 0 Å². The zero-order chi connectivity index (χ0) is 14.4. The second-order valence-electron chi connectivity index (χ2n) is 4.26. The van der Waals surface area contributed by atoms with Gasteiger partial charge in [0, 0.05) is 19.3 Å². The molecule has 5 nitrogen and oxygen atoms in total. The Balaban J connectivity index is 2.90. The van der Waals surface area contributed by atoms with Gasteiger partial charge in [0.05, 0.1) is 6.61 Å². The molecule has 0 aliphatic heterocycles. The Morgan fingerprint density at radius 2 is 1.89 bits per heavy atom. The topological polar surface area (TPSA) is 51.5 Å². The molecule has 0 aliphatic carbocycles. The molecular formula is C14H22N2O3.